The van der Waals surface area contributed by atoms with Crippen molar-refractivity contribution >= 4 is 28.2 Å². The predicted molar refractivity (Wildman–Crippen MR) is 108 cm³/mol. The molecule has 0 radical (unpaired) electrons. The van der Waals surface area contributed by atoms with E-state index in [4.69, 9.17) is 5.73 Å². The van der Waals surface area contributed by atoms with Gasteiger partial charge in [-0.2, -0.15) is 0 Å². The molecule has 0 heterocycles. The molecule has 2 aromatic carbocycles. The van der Waals surface area contributed by atoms with Gasteiger partial charge in [-0.3, -0.25) is 4.79 Å². The van der Waals surface area contributed by atoms with Gasteiger partial charge in [-0.1, -0.05) is 54.1 Å². The molecule has 7 heteroatoms. The van der Waals surface area contributed by atoms with Crippen molar-refractivity contribution in [2.24, 2.45) is 5.73 Å². The van der Waals surface area contributed by atoms with Crippen LogP contribution in [0.15, 0.2) is 48.5 Å². The highest BCUT2D eigenvalue weighted by atomic mass is 35.5. The topological polar surface area (TPSA) is 89.3 Å². The first-order valence-electron chi connectivity index (χ1n) is 8.11. The van der Waals surface area contributed by atoms with E-state index in [1.807, 2.05) is 30.3 Å². The Morgan fingerprint density at radius 3 is 2.35 bits per heavy atom. The summed E-state index contributed by atoms with van der Waals surface area (Å²) in [5.74, 6) is -0.432. The zero-order valence-electron chi connectivity index (χ0n) is 14.9. The maximum atomic E-state index is 11.9. The summed E-state index contributed by atoms with van der Waals surface area (Å²) in [6.07, 6.45) is 1.25. The van der Waals surface area contributed by atoms with Crippen LogP contribution < -0.4 is 11.1 Å². The smallest absolute Gasteiger partial charge is 0.237 e. The third-order valence-electron chi connectivity index (χ3n) is 3.91. The molecule has 0 aliphatic rings. The summed E-state index contributed by atoms with van der Waals surface area (Å²) in [7, 11) is -3.11. The van der Waals surface area contributed by atoms with Crippen molar-refractivity contribution in [1.82, 2.24) is 5.32 Å². The summed E-state index contributed by atoms with van der Waals surface area (Å²) >= 11 is 0. The van der Waals surface area contributed by atoms with Crippen LogP contribution in [0.2, 0.25) is 0 Å². The van der Waals surface area contributed by atoms with E-state index in [0.717, 1.165) is 22.9 Å². The van der Waals surface area contributed by atoms with Crippen molar-refractivity contribution in [1.29, 1.82) is 0 Å². The van der Waals surface area contributed by atoms with E-state index in [0.29, 0.717) is 6.54 Å². The van der Waals surface area contributed by atoms with Gasteiger partial charge >= 0.3 is 0 Å². The Bertz CT molecular complexity index is 836. The molecule has 1 unspecified atom stereocenters. The summed E-state index contributed by atoms with van der Waals surface area (Å²) in [5, 5.41) is 2.74. The predicted octanol–water partition coefficient (Wildman–Crippen LogP) is 2.46. The second-order valence-corrected chi connectivity index (χ2v) is 8.57. The maximum absolute atomic E-state index is 11.9. The number of benzene rings is 2. The normalized spacial score (nSPS) is 12.1. The van der Waals surface area contributed by atoms with Crippen LogP contribution in [0.1, 0.15) is 17.5 Å². The first-order chi connectivity index (χ1) is 11.7. The van der Waals surface area contributed by atoms with Gasteiger partial charge in [-0.05, 0) is 30.0 Å². The molecule has 1 atom stereocenters. The van der Waals surface area contributed by atoms with Crippen molar-refractivity contribution in [2.75, 3.05) is 12.0 Å². The van der Waals surface area contributed by atoms with Gasteiger partial charge in [0, 0.05) is 12.8 Å². The van der Waals surface area contributed by atoms with Gasteiger partial charge in [0.2, 0.25) is 5.91 Å². The van der Waals surface area contributed by atoms with E-state index >= 15 is 0 Å². The average Bonchev–Trinajstić information content (AvgIpc) is 2.57. The van der Waals surface area contributed by atoms with Gasteiger partial charge in [-0.15, -0.1) is 12.4 Å². The molecule has 0 saturated heterocycles. The number of aryl methyl sites for hydroxylation is 1. The largest absolute Gasteiger partial charge is 0.351 e. The van der Waals surface area contributed by atoms with Crippen LogP contribution in [0, 0.1) is 6.92 Å². The standard InChI is InChI=1S/C19H24N2O3S.ClH/c1-14-4-3-5-17(12-14)16-8-6-15(7-9-16)13-21-19(22)18(20)10-11-25(2,23)24;/h3-9,12,18H,10-11,13,20H2,1-2H3,(H,21,22);1H. The zero-order chi connectivity index (χ0) is 18.4. The van der Waals surface area contributed by atoms with E-state index in [1.54, 1.807) is 0 Å². The fourth-order valence-electron chi connectivity index (χ4n) is 2.43. The number of carbonyl (C=O) groups is 1. The number of sulfone groups is 1. The minimum Gasteiger partial charge on any atom is -0.351 e. The van der Waals surface area contributed by atoms with Crippen LogP contribution in [0.25, 0.3) is 11.1 Å². The third kappa shape index (κ3) is 7.15. The van der Waals surface area contributed by atoms with Crippen molar-refractivity contribution < 1.29 is 13.2 Å². The highest BCUT2D eigenvalue weighted by Crippen LogP contribution is 2.20. The molecule has 2 aromatic rings. The van der Waals surface area contributed by atoms with E-state index in [1.165, 1.54) is 5.56 Å². The molecule has 0 bridgehead atoms. The molecule has 0 fully saturated rings. The number of hydrogen-bond acceptors (Lipinski definition) is 4. The second-order valence-electron chi connectivity index (χ2n) is 6.31. The van der Waals surface area contributed by atoms with Gasteiger partial charge in [0.15, 0.2) is 0 Å². The quantitative estimate of drug-likeness (QED) is 0.752. The number of rotatable bonds is 7. The molecule has 0 saturated carbocycles. The molecule has 2 rings (SSSR count). The van der Waals surface area contributed by atoms with Crippen LogP contribution in [0.4, 0.5) is 0 Å². The van der Waals surface area contributed by atoms with Crippen molar-refractivity contribution in [3.63, 3.8) is 0 Å². The summed E-state index contributed by atoms with van der Waals surface area (Å²) in [6, 6.07) is 15.4. The Morgan fingerprint density at radius 2 is 1.77 bits per heavy atom. The highest BCUT2D eigenvalue weighted by molar-refractivity contribution is 7.90. The molecular weight excluding hydrogens is 372 g/mol. The molecule has 0 aliphatic heterocycles. The van der Waals surface area contributed by atoms with Gasteiger partial charge in [0.05, 0.1) is 11.8 Å². The second kappa shape index (κ2) is 9.71. The summed E-state index contributed by atoms with van der Waals surface area (Å²) in [4.78, 5) is 11.9. The maximum Gasteiger partial charge on any atom is 0.237 e. The van der Waals surface area contributed by atoms with Crippen LogP contribution >= 0.6 is 12.4 Å². The third-order valence-corrected chi connectivity index (χ3v) is 4.89. The van der Waals surface area contributed by atoms with Crippen molar-refractivity contribution in [2.45, 2.75) is 25.9 Å². The number of nitrogens with two attached hydrogens (primary N) is 1. The molecule has 0 aromatic heterocycles. The van der Waals surface area contributed by atoms with Crippen LogP contribution in [-0.4, -0.2) is 32.4 Å². The molecule has 3 N–H and O–H groups in total. The Balaban J connectivity index is 0.00000338. The fourth-order valence-corrected chi connectivity index (χ4v) is 3.11. The fraction of sp³-hybridized carbons (Fsp3) is 0.316. The van der Waals surface area contributed by atoms with Gasteiger partial charge in [-0.25, -0.2) is 8.42 Å². The van der Waals surface area contributed by atoms with Crippen LogP contribution in [-0.2, 0) is 21.2 Å². The minimum absolute atomic E-state index is 0. The molecular formula is C19H25ClN2O3S. The lowest BCUT2D eigenvalue weighted by Crippen LogP contribution is -2.41. The number of carbonyl (C=O) groups excluding carboxylic acids is 1. The number of halogens is 1. The first-order valence-corrected chi connectivity index (χ1v) is 10.2. The van der Waals surface area contributed by atoms with E-state index in [9.17, 15) is 13.2 Å². The zero-order valence-corrected chi connectivity index (χ0v) is 16.6. The monoisotopic (exact) mass is 396 g/mol. The van der Waals surface area contributed by atoms with Crippen LogP contribution in [0.3, 0.4) is 0 Å². The molecule has 5 nitrogen and oxygen atoms in total. The van der Waals surface area contributed by atoms with Gasteiger partial charge in [0.25, 0.3) is 0 Å². The molecule has 0 aliphatic carbocycles. The minimum atomic E-state index is -3.11. The lowest BCUT2D eigenvalue weighted by Gasteiger charge is -2.12. The summed E-state index contributed by atoms with van der Waals surface area (Å²) < 4.78 is 22.2. The summed E-state index contributed by atoms with van der Waals surface area (Å²) in [5.41, 5.74) is 10.2. The van der Waals surface area contributed by atoms with Gasteiger partial charge < -0.3 is 11.1 Å². The first kappa shape index (κ1) is 22.2. The molecule has 1 amide bonds. The lowest BCUT2D eigenvalue weighted by molar-refractivity contribution is -0.122. The van der Waals surface area contributed by atoms with Crippen molar-refractivity contribution in [3.8, 4) is 11.1 Å². The SMILES string of the molecule is Cc1cccc(-c2ccc(CNC(=O)C(N)CCS(C)(=O)=O)cc2)c1.Cl. The number of nitrogens with one attached hydrogen (secondary N) is 1. The van der Waals surface area contributed by atoms with E-state index in [2.05, 4.69) is 30.4 Å². The average molecular weight is 397 g/mol. The van der Waals surface area contributed by atoms with E-state index in [-0.39, 0.29) is 30.5 Å². The lowest BCUT2D eigenvalue weighted by atomic mass is 10.0. The molecule has 0 spiro atoms. The van der Waals surface area contributed by atoms with Crippen molar-refractivity contribution in [3.05, 3.63) is 59.7 Å². The Hall–Kier alpha value is -1.89. The van der Waals surface area contributed by atoms with Gasteiger partial charge in [0.1, 0.15) is 9.84 Å². The summed E-state index contributed by atoms with van der Waals surface area (Å²) in [6.45, 7) is 2.42. The number of hydrogen-bond donors (Lipinski definition) is 2. The molecule has 26 heavy (non-hydrogen) atoms. The Labute approximate surface area is 161 Å². The highest BCUT2D eigenvalue weighted by Gasteiger charge is 2.15. The van der Waals surface area contributed by atoms with Crippen LogP contribution in [0.5, 0.6) is 0 Å². The Morgan fingerprint density at radius 1 is 1.12 bits per heavy atom. The number of amides is 1. The van der Waals surface area contributed by atoms with E-state index < -0.39 is 15.9 Å². The molecule has 142 valence electrons. The Kier molecular flexibility index (Phi) is 8.27.